The fourth-order valence-corrected chi connectivity index (χ4v) is 2.71. The van der Waals surface area contributed by atoms with Crippen molar-refractivity contribution < 1.29 is 4.79 Å². The first-order valence-electron chi connectivity index (χ1n) is 7.02. The van der Waals surface area contributed by atoms with E-state index >= 15 is 0 Å². The second-order valence-electron chi connectivity index (χ2n) is 5.71. The van der Waals surface area contributed by atoms with Crippen LogP contribution in [-0.4, -0.2) is 29.8 Å². The van der Waals surface area contributed by atoms with Crippen molar-refractivity contribution in [1.82, 2.24) is 4.90 Å². The molecule has 2 nitrogen and oxygen atoms in total. The molecule has 1 unspecified atom stereocenters. The minimum atomic E-state index is 0.254. The van der Waals surface area contributed by atoms with E-state index in [1.165, 1.54) is 11.1 Å². The molecule has 2 rings (SSSR count). The molecule has 1 amide bonds. The van der Waals surface area contributed by atoms with Crippen molar-refractivity contribution in [2.45, 2.75) is 32.6 Å². The second kappa shape index (κ2) is 6.42. The van der Waals surface area contributed by atoms with Crippen molar-refractivity contribution in [2.24, 2.45) is 5.92 Å². The van der Waals surface area contributed by atoms with Gasteiger partial charge in [-0.1, -0.05) is 38.1 Å². The van der Waals surface area contributed by atoms with Crippen LogP contribution >= 0.6 is 11.6 Å². The number of carbonyl (C=O) groups is 1. The molecule has 1 saturated heterocycles. The lowest BCUT2D eigenvalue weighted by Crippen LogP contribution is -2.27. The molecule has 0 aromatic heterocycles. The molecule has 1 aliphatic rings. The fraction of sp³-hybridized carbons (Fsp3) is 0.562. The lowest BCUT2D eigenvalue weighted by molar-refractivity contribution is -0.127. The molecule has 0 aliphatic carbocycles. The SMILES string of the molecule is CC(C)c1ccc(CCN2CC(CCl)CC2=O)cc1. The number of halogens is 1. The third kappa shape index (κ3) is 3.73. The molecule has 0 spiro atoms. The van der Waals surface area contributed by atoms with Gasteiger partial charge in [0.1, 0.15) is 0 Å². The van der Waals surface area contributed by atoms with E-state index in [1.807, 2.05) is 4.90 Å². The first-order valence-corrected chi connectivity index (χ1v) is 7.56. The molecule has 1 aliphatic heterocycles. The number of benzene rings is 1. The Balaban J connectivity index is 1.87. The van der Waals surface area contributed by atoms with Crippen molar-refractivity contribution in [3.05, 3.63) is 35.4 Å². The maximum Gasteiger partial charge on any atom is 0.222 e. The molecule has 1 atom stereocenters. The maximum absolute atomic E-state index is 11.8. The normalized spacial score (nSPS) is 19.5. The Morgan fingerprint density at radius 2 is 2.00 bits per heavy atom. The minimum absolute atomic E-state index is 0.254. The molecule has 0 radical (unpaired) electrons. The summed E-state index contributed by atoms with van der Waals surface area (Å²) >= 11 is 5.82. The Morgan fingerprint density at radius 3 is 2.53 bits per heavy atom. The van der Waals surface area contributed by atoms with Crippen LogP contribution in [0.4, 0.5) is 0 Å². The number of amides is 1. The van der Waals surface area contributed by atoms with Crippen LogP contribution in [0.2, 0.25) is 0 Å². The summed E-state index contributed by atoms with van der Waals surface area (Å²) in [4.78, 5) is 13.7. The van der Waals surface area contributed by atoms with Gasteiger partial charge >= 0.3 is 0 Å². The molecule has 0 N–H and O–H groups in total. The zero-order valence-electron chi connectivity index (χ0n) is 11.7. The predicted octanol–water partition coefficient (Wildman–Crippen LogP) is 3.44. The van der Waals surface area contributed by atoms with Gasteiger partial charge in [0.15, 0.2) is 0 Å². The minimum Gasteiger partial charge on any atom is -0.342 e. The Kier molecular flexibility index (Phi) is 4.87. The number of hydrogen-bond donors (Lipinski definition) is 0. The lowest BCUT2D eigenvalue weighted by Gasteiger charge is -2.16. The first-order chi connectivity index (χ1) is 9.10. The number of likely N-dealkylation sites (tertiary alicyclic amines) is 1. The standard InChI is InChI=1S/C16H22ClNO/c1-12(2)15-5-3-13(4-6-15)7-8-18-11-14(10-17)9-16(18)19/h3-6,12,14H,7-11H2,1-2H3. The zero-order chi connectivity index (χ0) is 13.8. The quantitative estimate of drug-likeness (QED) is 0.756. The largest absolute Gasteiger partial charge is 0.342 e. The van der Waals surface area contributed by atoms with Gasteiger partial charge < -0.3 is 4.90 Å². The number of carbonyl (C=O) groups excluding carboxylic acids is 1. The van der Waals surface area contributed by atoms with Gasteiger partial charge in [0.2, 0.25) is 5.91 Å². The molecule has 0 saturated carbocycles. The smallest absolute Gasteiger partial charge is 0.222 e. The highest BCUT2D eigenvalue weighted by atomic mass is 35.5. The van der Waals surface area contributed by atoms with E-state index in [9.17, 15) is 4.79 Å². The summed E-state index contributed by atoms with van der Waals surface area (Å²) in [6, 6.07) is 8.73. The van der Waals surface area contributed by atoms with Gasteiger partial charge in [-0.15, -0.1) is 11.6 Å². The summed E-state index contributed by atoms with van der Waals surface area (Å²) in [5.41, 5.74) is 2.66. The van der Waals surface area contributed by atoms with Gasteiger partial charge in [-0.25, -0.2) is 0 Å². The van der Waals surface area contributed by atoms with Crippen LogP contribution in [0.5, 0.6) is 0 Å². The van der Waals surface area contributed by atoms with E-state index in [-0.39, 0.29) is 5.91 Å². The molecule has 104 valence electrons. The van der Waals surface area contributed by atoms with Gasteiger partial charge in [0.25, 0.3) is 0 Å². The second-order valence-corrected chi connectivity index (χ2v) is 6.02. The molecule has 0 bridgehead atoms. The fourth-order valence-electron chi connectivity index (χ4n) is 2.51. The highest BCUT2D eigenvalue weighted by Gasteiger charge is 2.28. The van der Waals surface area contributed by atoms with Crippen LogP contribution in [0, 0.1) is 5.92 Å². The van der Waals surface area contributed by atoms with Crippen molar-refractivity contribution in [3.8, 4) is 0 Å². The summed E-state index contributed by atoms with van der Waals surface area (Å²) in [5, 5.41) is 0. The van der Waals surface area contributed by atoms with Gasteiger partial charge in [-0.05, 0) is 29.4 Å². The van der Waals surface area contributed by atoms with Crippen LogP contribution in [0.25, 0.3) is 0 Å². The van der Waals surface area contributed by atoms with Crippen molar-refractivity contribution in [3.63, 3.8) is 0 Å². The van der Waals surface area contributed by atoms with Gasteiger partial charge in [0.05, 0.1) is 0 Å². The number of hydrogen-bond acceptors (Lipinski definition) is 1. The highest BCUT2D eigenvalue weighted by Crippen LogP contribution is 2.20. The Labute approximate surface area is 120 Å². The molecular formula is C16H22ClNO. The monoisotopic (exact) mass is 279 g/mol. The van der Waals surface area contributed by atoms with Crippen LogP contribution in [-0.2, 0) is 11.2 Å². The number of nitrogens with zero attached hydrogens (tertiary/aromatic N) is 1. The van der Waals surface area contributed by atoms with Crippen LogP contribution in [0.15, 0.2) is 24.3 Å². The molecule has 1 heterocycles. The average molecular weight is 280 g/mol. The molecule has 1 aromatic carbocycles. The van der Waals surface area contributed by atoms with E-state index in [4.69, 9.17) is 11.6 Å². The van der Waals surface area contributed by atoms with E-state index in [1.54, 1.807) is 0 Å². The summed E-state index contributed by atoms with van der Waals surface area (Å²) in [5.74, 6) is 1.76. The summed E-state index contributed by atoms with van der Waals surface area (Å²) in [7, 11) is 0. The van der Waals surface area contributed by atoms with Gasteiger partial charge in [-0.3, -0.25) is 4.79 Å². The maximum atomic E-state index is 11.8. The summed E-state index contributed by atoms with van der Waals surface area (Å²) < 4.78 is 0. The topological polar surface area (TPSA) is 20.3 Å². The van der Waals surface area contributed by atoms with Crippen LogP contribution in [0.1, 0.15) is 37.3 Å². The van der Waals surface area contributed by atoms with E-state index in [2.05, 4.69) is 38.1 Å². The average Bonchev–Trinajstić information content (AvgIpc) is 2.77. The molecule has 1 aromatic rings. The van der Waals surface area contributed by atoms with E-state index in [0.29, 0.717) is 24.1 Å². The Morgan fingerprint density at radius 1 is 1.32 bits per heavy atom. The van der Waals surface area contributed by atoms with Crippen molar-refractivity contribution >= 4 is 17.5 Å². The highest BCUT2D eigenvalue weighted by molar-refractivity contribution is 6.18. The van der Waals surface area contributed by atoms with E-state index in [0.717, 1.165) is 19.5 Å². The molecular weight excluding hydrogens is 258 g/mol. The number of alkyl halides is 1. The van der Waals surface area contributed by atoms with Crippen molar-refractivity contribution in [2.75, 3.05) is 19.0 Å². The third-order valence-electron chi connectivity index (χ3n) is 3.83. The van der Waals surface area contributed by atoms with E-state index < -0.39 is 0 Å². The third-order valence-corrected chi connectivity index (χ3v) is 4.27. The Bertz CT molecular complexity index is 427. The summed E-state index contributed by atoms with van der Waals surface area (Å²) in [6.45, 7) is 6.04. The van der Waals surface area contributed by atoms with Crippen molar-refractivity contribution in [1.29, 1.82) is 0 Å². The Hall–Kier alpha value is -1.02. The predicted molar refractivity (Wildman–Crippen MR) is 79.6 cm³/mol. The van der Waals surface area contributed by atoms with Gasteiger partial charge in [0, 0.05) is 25.4 Å². The van der Waals surface area contributed by atoms with Gasteiger partial charge in [-0.2, -0.15) is 0 Å². The molecule has 3 heteroatoms. The van der Waals surface area contributed by atoms with Crippen LogP contribution in [0.3, 0.4) is 0 Å². The molecule has 19 heavy (non-hydrogen) atoms. The van der Waals surface area contributed by atoms with Crippen LogP contribution < -0.4 is 0 Å². The summed E-state index contributed by atoms with van der Waals surface area (Å²) in [6.07, 6.45) is 1.55. The first kappa shape index (κ1) is 14.4. The zero-order valence-corrected chi connectivity index (χ0v) is 12.5. The number of rotatable bonds is 5. The lowest BCUT2D eigenvalue weighted by atomic mass is 10.0. The molecule has 1 fully saturated rings.